The Kier molecular flexibility index (Phi) is 4.58. The van der Waals surface area contributed by atoms with Crippen molar-refractivity contribution >= 4 is 5.91 Å². The molecule has 2 rings (SSSR count). The predicted octanol–water partition coefficient (Wildman–Crippen LogP) is 1.61. The smallest absolute Gasteiger partial charge is 0.240 e. The molecule has 2 unspecified atom stereocenters. The van der Waals surface area contributed by atoms with Crippen molar-refractivity contribution in [1.82, 2.24) is 20.2 Å². The van der Waals surface area contributed by atoms with Gasteiger partial charge in [0.15, 0.2) is 0 Å². The average Bonchev–Trinajstić information content (AvgIpc) is 2.75. The first-order chi connectivity index (χ1) is 9.06. The Morgan fingerprint density at radius 3 is 3.05 bits per heavy atom. The van der Waals surface area contributed by atoms with E-state index in [1.807, 2.05) is 24.6 Å². The highest BCUT2D eigenvalue weighted by Crippen LogP contribution is 2.25. The number of hydrogen-bond donors (Lipinski definition) is 2. The number of nitrogens with zero attached hydrogens (tertiary/aromatic N) is 2. The molecule has 0 aliphatic carbocycles. The highest BCUT2D eigenvalue weighted by atomic mass is 16.2. The molecule has 0 radical (unpaired) electrons. The van der Waals surface area contributed by atoms with E-state index in [1.165, 1.54) is 12.8 Å². The lowest BCUT2D eigenvalue weighted by atomic mass is 9.97. The third-order valence-corrected chi connectivity index (χ3v) is 3.48. The van der Waals surface area contributed by atoms with E-state index in [9.17, 15) is 4.79 Å². The van der Waals surface area contributed by atoms with Crippen LogP contribution in [0.4, 0.5) is 0 Å². The summed E-state index contributed by atoms with van der Waals surface area (Å²) >= 11 is 0. The number of amides is 1. The van der Waals surface area contributed by atoms with Gasteiger partial charge in [0.25, 0.3) is 0 Å². The highest BCUT2D eigenvalue weighted by Gasteiger charge is 2.22. The molecule has 1 aliphatic heterocycles. The van der Waals surface area contributed by atoms with Crippen LogP contribution in [0.3, 0.4) is 0 Å². The van der Waals surface area contributed by atoms with Gasteiger partial charge in [0.2, 0.25) is 5.91 Å². The molecule has 1 fully saturated rings. The summed E-state index contributed by atoms with van der Waals surface area (Å²) in [5.41, 5.74) is 1.12. The molecule has 0 spiro atoms. The highest BCUT2D eigenvalue weighted by molar-refractivity contribution is 5.76. The first kappa shape index (κ1) is 14.1. The van der Waals surface area contributed by atoms with E-state index in [-0.39, 0.29) is 11.9 Å². The fourth-order valence-corrected chi connectivity index (χ4v) is 2.65. The van der Waals surface area contributed by atoms with E-state index >= 15 is 0 Å². The van der Waals surface area contributed by atoms with Crippen LogP contribution in [0.2, 0.25) is 0 Å². The van der Waals surface area contributed by atoms with Gasteiger partial charge in [-0.25, -0.2) is 4.98 Å². The number of piperidine rings is 1. The second-order valence-corrected chi connectivity index (χ2v) is 5.72. The largest absolute Gasteiger partial charge is 0.352 e. The van der Waals surface area contributed by atoms with Crippen molar-refractivity contribution in [3.05, 3.63) is 18.2 Å². The standard InChI is InChI=1S/C14H24N4O/c1-10(2)16-14(19)8-18-9-15-7-13(18)12-6-4-5-11(3)17-12/h7,9-12,17H,4-6,8H2,1-3H3,(H,16,19). The summed E-state index contributed by atoms with van der Waals surface area (Å²) in [5.74, 6) is 0.0399. The Bertz CT molecular complexity index is 427. The van der Waals surface area contributed by atoms with Gasteiger partial charge in [-0.3, -0.25) is 4.79 Å². The molecule has 1 amide bonds. The molecule has 2 N–H and O–H groups in total. The van der Waals surface area contributed by atoms with E-state index in [0.717, 1.165) is 12.1 Å². The first-order valence-electron chi connectivity index (χ1n) is 7.11. The summed E-state index contributed by atoms with van der Waals surface area (Å²) in [6, 6.07) is 1.02. The molecule has 2 heterocycles. The molecular weight excluding hydrogens is 240 g/mol. The predicted molar refractivity (Wildman–Crippen MR) is 74.7 cm³/mol. The fraction of sp³-hybridized carbons (Fsp3) is 0.714. The first-order valence-corrected chi connectivity index (χ1v) is 7.11. The van der Waals surface area contributed by atoms with Crippen LogP contribution in [0.5, 0.6) is 0 Å². The molecule has 5 heteroatoms. The van der Waals surface area contributed by atoms with E-state index in [1.54, 1.807) is 6.33 Å². The van der Waals surface area contributed by atoms with E-state index in [4.69, 9.17) is 0 Å². The lowest BCUT2D eigenvalue weighted by Crippen LogP contribution is -2.37. The van der Waals surface area contributed by atoms with Gasteiger partial charge in [-0.1, -0.05) is 0 Å². The molecule has 106 valence electrons. The third kappa shape index (κ3) is 3.80. The molecule has 1 aromatic rings. The van der Waals surface area contributed by atoms with Gasteiger partial charge in [-0.05, 0) is 40.0 Å². The summed E-state index contributed by atoms with van der Waals surface area (Å²) in [6.45, 7) is 6.49. The zero-order chi connectivity index (χ0) is 13.8. The van der Waals surface area contributed by atoms with Crippen LogP contribution in [0, 0.1) is 0 Å². The zero-order valence-electron chi connectivity index (χ0n) is 12.0. The Balaban J connectivity index is 2.02. The SMILES string of the molecule is CC(C)NC(=O)Cn1cncc1C1CCCC(C)N1. The summed E-state index contributed by atoms with van der Waals surface area (Å²) in [6.07, 6.45) is 7.18. The number of carbonyl (C=O) groups is 1. The van der Waals surface area contributed by atoms with Crippen LogP contribution in [-0.2, 0) is 11.3 Å². The Morgan fingerprint density at radius 1 is 1.58 bits per heavy atom. The second kappa shape index (κ2) is 6.19. The van der Waals surface area contributed by atoms with E-state index in [2.05, 4.69) is 22.5 Å². The maximum absolute atomic E-state index is 11.8. The number of rotatable bonds is 4. The van der Waals surface area contributed by atoms with E-state index < -0.39 is 0 Å². The normalized spacial score (nSPS) is 23.6. The van der Waals surface area contributed by atoms with Crippen molar-refractivity contribution in [3.8, 4) is 0 Å². The maximum Gasteiger partial charge on any atom is 0.240 e. The average molecular weight is 264 g/mol. The Hall–Kier alpha value is -1.36. The second-order valence-electron chi connectivity index (χ2n) is 5.72. The van der Waals surface area contributed by atoms with Crippen LogP contribution in [-0.4, -0.2) is 27.5 Å². The van der Waals surface area contributed by atoms with Crippen LogP contribution < -0.4 is 10.6 Å². The van der Waals surface area contributed by atoms with Crippen molar-refractivity contribution in [3.63, 3.8) is 0 Å². The minimum Gasteiger partial charge on any atom is -0.352 e. The summed E-state index contributed by atoms with van der Waals surface area (Å²) in [5, 5.41) is 6.49. The number of hydrogen-bond acceptors (Lipinski definition) is 3. The monoisotopic (exact) mass is 264 g/mol. The van der Waals surface area contributed by atoms with Crippen LogP contribution >= 0.6 is 0 Å². The zero-order valence-corrected chi connectivity index (χ0v) is 12.0. The molecule has 1 aromatic heterocycles. The molecule has 1 saturated heterocycles. The van der Waals surface area contributed by atoms with Gasteiger partial charge in [0.1, 0.15) is 6.54 Å². The Labute approximate surface area is 114 Å². The summed E-state index contributed by atoms with van der Waals surface area (Å²) in [4.78, 5) is 16.0. The van der Waals surface area contributed by atoms with Gasteiger partial charge >= 0.3 is 0 Å². The van der Waals surface area contributed by atoms with Gasteiger partial charge in [0.05, 0.1) is 12.0 Å². The lowest BCUT2D eigenvalue weighted by Gasteiger charge is -2.29. The molecule has 5 nitrogen and oxygen atoms in total. The molecule has 0 saturated carbocycles. The third-order valence-electron chi connectivity index (χ3n) is 3.48. The quantitative estimate of drug-likeness (QED) is 0.868. The van der Waals surface area contributed by atoms with Crippen LogP contribution in [0.1, 0.15) is 51.8 Å². The van der Waals surface area contributed by atoms with Gasteiger partial charge in [-0.15, -0.1) is 0 Å². The molecule has 19 heavy (non-hydrogen) atoms. The number of carbonyl (C=O) groups excluding carboxylic acids is 1. The van der Waals surface area contributed by atoms with Crippen LogP contribution in [0.15, 0.2) is 12.5 Å². The number of imidazole rings is 1. The van der Waals surface area contributed by atoms with Crippen molar-refractivity contribution < 1.29 is 4.79 Å². The maximum atomic E-state index is 11.8. The minimum atomic E-state index is 0.0399. The molecule has 1 aliphatic rings. The molecular formula is C14H24N4O. The molecule has 2 atom stereocenters. The van der Waals surface area contributed by atoms with Crippen molar-refractivity contribution in [1.29, 1.82) is 0 Å². The van der Waals surface area contributed by atoms with Gasteiger partial charge in [-0.2, -0.15) is 0 Å². The minimum absolute atomic E-state index is 0.0399. The topological polar surface area (TPSA) is 59.0 Å². The number of aromatic nitrogens is 2. The van der Waals surface area contributed by atoms with Gasteiger partial charge < -0.3 is 15.2 Å². The van der Waals surface area contributed by atoms with E-state index in [0.29, 0.717) is 18.6 Å². The number of nitrogens with one attached hydrogen (secondary N) is 2. The van der Waals surface area contributed by atoms with Gasteiger partial charge in [0, 0.05) is 24.3 Å². The summed E-state index contributed by atoms with van der Waals surface area (Å²) < 4.78 is 1.95. The summed E-state index contributed by atoms with van der Waals surface area (Å²) in [7, 11) is 0. The Morgan fingerprint density at radius 2 is 2.37 bits per heavy atom. The molecule has 0 aromatic carbocycles. The van der Waals surface area contributed by atoms with Crippen LogP contribution in [0.25, 0.3) is 0 Å². The van der Waals surface area contributed by atoms with Crippen molar-refractivity contribution in [2.45, 2.75) is 64.7 Å². The fourth-order valence-electron chi connectivity index (χ4n) is 2.65. The molecule has 0 bridgehead atoms. The van der Waals surface area contributed by atoms with Crippen molar-refractivity contribution in [2.75, 3.05) is 0 Å². The lowest BCUT2D eigenvalue weighted by molar-refractivity contribution is -0.122. The van der Waals surface area contributed by atoms with Crippen molar-refractivity contribution in [2.24, 2.45) is 0 Å².